The highest BCUT2D eigenvalue weighted by Crippen LogP contribution is 2.61. The molecule has 0 fully saturated rings. The van der Waals surface area contributed by atoms with Gasteiger partial charge in [-0.3, -0.25) is 0 Å². The zero-order chi connectivity index (χ0) is 34.9. The zero-order valence-corrected chi connectivity index (χ0v) is 29.5. The molecule has 0 amide bonds. The highest BCUT2D eigenvalue weighted by atomic mass is 16.5. The molecule has 3 nitrogen and oxygen atoms in total. The molecule has 3 aliphatic heterocycles. The Kier molecular flexibility index (Phi) is 7.08. The number of hydrogen-bond acceptors (Lipinski definition) is 3. The summed E-state index contributed by atoms with van der Waals surface area (Å²) in [6, 6.07) is 48.8. The van der Waals surface area contributed by atoms with Crippen LogP contribution in [-0.4, -0.2) is 6.04 Å². The average Bonchev–Trinajstić information content (AvgIpc) is 3.57. The Morgan fingerprint density at radius 3 is 1.81 bits per heavy atom. The maximum atomic E-state index is 6.92. The van der Waals surface area contributed by atoms with E-state index in [1.54, 1.807) is 0 Å². The van der Waals surface area contributed by atoms with Crippen molar-refractivity contribution in [3.63, 3.8) is 0 Å². The molecule has 256 valence electrons. The van der Waals surface area contributed by atoms with E-state index < -0.39 is 0 Å². The quantitative estimate of drug-likeness (QED) is 0.172. The maximum Gasteiger partial charge on any atom is 0.131 e. The normalized spacial score (nSPS) is 21.5. The number of benzene rings is 6. The standard InChI is InChI=1S/C50H39NO2/c1-3-16-32(17-4-1)34-23-14-30-44-47(34)49(38-21-8-11-28-42(38)52-44)50-39-22-9-12-29-43(39)53-45-31-15-25-36(48(45)50)35-24-13-27-41-46(35)37-20-7-10-26-40(37)51(41)33-18-5-2-6-19-33/h1-5,7-9,11-18,20-25,27-31,37,40,49-50H,6,10,19,26H2. The molecule has 53 heavy (non-hydrogen) atoms. The van der Waals surface area contributed by atoms with Crippen molar-refractivity contribution in [1.82, 2.24) is 0 Å². The van der Waals surface area contributed by atoms with Crippen LogP contribution in [0.25, 0.3) is 22.3 Å². The number of para-hydroxylation sites is 2. The number of hydrogen-bond donors (Lipinski definition) is 0. The molecule has 5 aliphatic rings. The summed E-state index contributed by atoms with van der Waals surface area (Å²) < 4.78 is 13.7. The molecule has 0 saturated carbocycles. The summed E-state index contributed by atoms with van der Waals surface area (Å²) in [5, 5.41) is 0. The van der Waals surface area contributed by atoms with Crippen LogP contribution in [0.2, 0.25) is 0 Å². The zero-order valence-electron chi connectivity index (χ0n) is 29.5. The number of nitrogens with zero attached hydrogens (tertiary/aromatic N) is 1. The molecular formula is C50H39NO2. The summed E-state index contributed by atoms with van der Waals surface area (Å²) in [7, 11) is 0. The van der Waals surface area contributed by atoms with Gasteiger partial charge in [-0.15, -0.1) is 0 Å². The lowest BCUT2D eigenvalue weighted by Gasteiger charge is -2.40. The van der Waals surface area contributed by atoms with Crippen molar-refractivity contribution in [3.05, 3.63) is 197 Å². The predicted molar refractivity (Wildman–Crippen MR) is 214 cm³/mol. The molecule has 0 aromatic heterocycles. The summed E-state index contributed by atoms with van der Waals surface area (Å²) in [4.78, 5) is 2.69. The average molecular weight is 686 g/mol. The SMILES string of the molecule is C1=CCCC(N2c3cccc(-c4cccc5c4C(C4c6ccccc6Oc6cccc(-c7ccccc7)c64)c4ccccc4O5)c3C3C=CCCC32)=C1. The molecule has 0 radical (unpaired) electrons. The van der Waals surface area contributed by atoms with Gasteiger partial charge in [-0.1, -0.05) is 127 Å². The largest absolute Gasteiger partial charge is 0.457 e. The summed E-state index contributed by atoms with van der Waals surface area (Å²) >= 11 is 0. The van der Waals surface area contributed by atoms with Crippen LogP contribution in [0.4, 0.5) is 5.69 Å². The van der Waals surface area contributed by atoms with Gasteiger partial charge >= 0.3 is 0 Å². The van der Waals surface area contributed by atoms with E-state index in [2.05, 4.69) is 169 Å². The lowest BCUT2D eigenvalue weighted by Crippen LogP contribution is -2.34. The van der Waals surface area contributed by atoms with Crippen LogP contribution in [0.3, 0.4) is 0 Å². The predicted octanol–water partition coefficient (Wildman–Crippen LogP) is 13.1. The first-order valence-corrected chi connectivity index (χ1v) is 19.1. The van der Waals surface area contributed by atoms with Gasteiger partial charge in [0.05, 0.1) is 0 Å². The lowest BCUT2D eigenvalue weighted by atomic mass is 9.68. The van der Waals surface area contributed by atoms with Crippen LogP contribution in [0.5, 0.6) is 23.0 Å². The first-order valence-electron chi connectivity index (χ1n) is 19.1. The van der Waals surface area contributed by atoms with E-state index in [1.807, 2.05) is 0 Å². The van der Waals surface area contributed by atoms with Crippen LogP contribution < -0.4 is 14.4 Å². The summed E-state index contributed by atoms with van der Waals surface area (Å²) in [5.74, 6) is 3.92. The Morgan fingerprint density at radius 1 is 0.509 bits per heavy atom. The van der Waals surface area contributed by atoms with Crippen molar-refractivity contribution in [2.24, 2.45) is 0 Å². The van der Waals surface area contributed by atoms with Gasteiger partial charge in [0.1, 0.15) is 23.0 Å². The maximum absolute atomic E-state index is 6.92. The van der Waals surface area contributed by atoms with E-state index in [4.69, 9.17) is 9.47 Å². The van der Waals surface area contributed by atoms with Crippen molar-refractivity contribution < 1.29 is 9.47 Å². The second kappa shape index (κ2) is 12.3. The number of rotatable bonds is 4. The second-order valence-electron chi connectivity index (χ2n) is 14.9. The van der Waals surface area contributed by atoms with Gasteiger partial charge in [0.25, 0.3) is 0 Å². The van der Waals surface area contributed by atoms with Crippen LogP contribution >= 0.6 is 0 Å². The molecule has 3 heterocycles. The fourth-order valence-corrected chi connectivity index (χ4v) is 9.99. The Labute approximate surface area is 311 Å². The third-order valence-electron chi connectivity index (χ3n) is 12.1. The van der Waals surface area contributed by atoms with E-state index >= 15 is 0 Å². The Morgan fingerprint density at radius 2 is 1.11 bits per heavy atom. The highest BCUT2D eigenvalue weighted by molar-refractivity contribution is 5.85. The molecule has 0 bridgehead atoms. The summed E-state index contributed by atoms with van der Waals surface area (Å²) in [6.45, 7) is 0. The molecule has 0 N–H and O–H groups in total. The molecule has 4 unspecified atom stereocenters. The van der Waals surface area contributed by atoms with Gasteiger partial charge in [-0.2, -0.15) is 0 Å². The molecule has 0 spiro atoms. The first-order chi connectivity index (χ1) is 26.3. The Hall–Kier alpha value is -6.06. The molecular weight excluding hydrogens is 647 g/mol. The minimum absolute atomic E-state index is 0.0360. The fraction of sp³-hybridized carbons (Fsp3) is 0.160. The third-order valence-corrected chi connectivity index (χ3v) is 12.1. The van der Waals surface area contributed by atoms with Crippen molar-refractivity contribution in [1.29, 1.82) is 0 Å². The molecule has 0 saturated heterocycles. The monoisotopic (exact) mass is 685 g/mol. The topological polar surface area (TPSA) is 21.7 Å². The molecule has 6 aromatic carbocycles. The van der Waals surface area contributed by atoms with Crippen molar-refractivity contribution in [2.45, 2.75) is 49.5 Å². The van der Waals surface area contributed by atoms with Crippen LogP contribution in [-0.2, 0) is 0 Å². The Bertz CT molecular complexity index is 2510. The third kappa shape index (κ3) is 4.73. The first kappa shape index (κ1) is 30.6. The van der Waals surface area contributed by atoms with Gasteiger partial charge in [0.2, 0.25) is 0 Å². The van der Waals surface area contributed by atoms with E-state index in [1.165, 1.54) is 61.5 Å². The van der Waals surface area contributed by atoms with Crippen LogP contribution in [0.15, 0.2) is 170 Å². The van der Waals surface area contributed by atoms with Crippen molar-refractivity contribution in [2.75, 3.05) is 4.90 Å². The highest BCUT2D eigenvalue weighted by Gasteiger charge is 2.45. The van der Waals surface area contributed by atoms with E-state index in [9.17, 15) is 0 Å². The van der Waals surface area contributed by atoms with Gasteiger partial charge in [0, 0.05) is 57.4 Å². The van der Waals surface area contributed by atoms with Gasteiger partial charge in [-0.05, 0) is 89.9 Å². The molecule has 4 atom stereocenters. The van der Waals surface area contributed by atoms with Gasteiger partial charge in [0.15, 0.2) is 0 Å². The Balaban J connectivity index is 1.18. The summed E-state index contributed by atoms with van der Waals surface area (Å²) in [6.07, 6.45) is 16.2. The molecule has 6 aromatic rings. The fourth-order valence-electron chi connectivity index (χ4n) is 9.99. The van der Waals surface area contributed by atoms with Crippen LogP contribution in [0.1, 0.15) is 71.3 Å². The second-order valence-corrected chi connectivity index (χ2v) is 14.9. The van der Waals surface area contributed by atoms with Crippen LogP contribution in [0, 0.1) is 0 Å². The van der Waals surface area contributed by atoms with Crippen molar-refractivity contribution >= 4 is 5.69 Å². The number of anilines is 1. The van der Waals surface area contributed by atoms with Crippen molar-refractivity contribution in [3.8, 4) is 45.3 Å². The number of allylic oxidation sites excluding steroid dienone is 5. The van der Waals surface area contributed by atoms with E-state index in [0.29, 0.717) is 12.0 Å². The van der Waals surface area contributed by atoms with Gasteiger partial charge in [-0.25, -0.2) is 0 Å². The number of fused-ring (bicyclic) bond motifs is 7. The molecule has 2 aliphatic carbocycles. The minimum Gasteiger partial charge on any atom is -0.457 e. The van der Waals surface area contributed by atoms with E-state index in [0.717, 1.165) is 48.7 Å². The number of ether oxygens (including phenoxy) is 2. The molecule has 3 heteroatoms. The minimum atomic E-state index is -0.0444. The summed E-state index contributed by atoms with van der Waals surface area (Å²) in [5.41, 5.74) is 14.0. The smallest absolute Gasteiger partial charge is 0.131 e. The van der Waals surface area contributed by atoms with Gasteiger partial charge < -0.3 is 14.4 Å². The van der Waals surface area contributed by atoms with E-state index in [-0.39, 0.29) is 11.8 Å². The molecule has 11 rings (SSSR count). The lowest BCUT2D eigenvalue weighted by molar-refractivity contribution is 0.414.